The van der Waals surface area contributed by atoms with Crippen molar-refractivity contribution < 1.29 is 19.4 Å². The normalized spacial score (nSPS) is 13.5. The van der Waals surface area contributed by atoms with Gasteiger partial charge < -0.3 is 15.2 Å². The van der Waals surface area contributed by atoms with E-state index in [1.54, 1.807) is 0 Å². The van der Waals surface area contributed by atoms with E-state index in [9.17, 15) is 14.7 Å². The third-order valence-corrected chi connectivity index (χ3v) is 2.64. The number of amides is 1. The zero-order valence-electron chi connectivity index (χ0n) is 11.3. The molecule has 0 unspecified atom stereocenters. The Bertz CT molecular complexity index is 471. The maximum atomic E-state index is 11.9. The van der Waals surface area contributed by atoms with Crippen molar-refractivity contribution in [2.75, 3.05) is 12.4 Å². The van der Waals surface area contributed by atoms with Crippen molar-refractivity contribution in [3.63, 3.8) is 0 Å². The molecule has 19 heavy (non-hydrogen) atoms. The monoisotopic (exact) mass is 266 g/mol. The number of methoxy groups -OCH3 is 1. The molecule has 0 radical (unpaired) electrons. The molecule has 0 aromatic carbocycles. The summed E-state index contributed by atoms with van der Waals surface area (Å²) in [5, 5.41) is 12.5. The molecule has 0 aliphatic carbocycles. The smallest absolute Gasteiger partial charge is 0.356 e. The first-order chi connectivity index (χ1) is 8.90. The molecule has 2 N–H and O–H groups in total. The maximum absolute atomic E-state index is 11.9. The van der Waals surface area contributed by atoms with Crippen molar-refractivity contribution in [3.8, 4) is 0 Å². The highest BCUT2D eigenvalue weighted by Gasteiger charge is 2.29. The molecule has 1 heterocycles. The van der Waals surface area contributed by atoms with Gasteiger partial charge in [-0.25, -0.2) is 9.78 Å². The van der Waals surface area contributed by atoms with E-state index in [1.807, 2.05) is 6.92 Å². The number of hydrogen-bond donors (Lipinski definition) is 2. The molecule has 1 atom stereocenters. The van der Waals surface area contributed by atoms with E-state index in [0.717, 1.165) is 0 Å². The number of aromatic nitrogens is 1. The zero-order chi connectivity index (χ0) is 14.5. The molecule has 0 bridgehead atoms. The van der Waals surface area contributed by atoms with Crippen LogP contribution in [0.2, 0.25) is 0 Å². The van der Waals surface area contributed by atoms with Gasteiger partial charge in [0.15, 0.2) is 0 Å². The highest BCUT2D eigenvalue weighted by atomic mass is 16.5. The Morgan fingerprint density at radius 1 is 1.53 bits per heavy atom. The molecular weight excluding hydrogens is 248 g/mol. The Morgan fingerprint density at radius 2 is 2.21 bits per heavy atom. The lowest BCUT2D eigenvalue weighted by Crippen LogP contribution is -2.39. The van der Waals surface area contributed by atoms with Crippen LogP contribution in [0.15, 0.2) is 18.3 Å². The first-order valence-electron chi connectivity index (χ1n) is 5.99. The van der Waals surface area contributed by atoms with Gasteiger partial charge in [-0.2, -0.15) is 0 Å². The molecule has 0 fully saturated rings. The lowest BCUT2D eigenvalue weighted by molar-refractivity contribution is -0.133. The molecule has 0 saturated heterocycles. The van der Waals surface area contributed by atoms with Crippen molar-refractivity contribution in [2.24, 2.45) is 0 Å². The molecular formula is C13H18N2O4. The van der Waals surface area contributed by atoms with Crippen LogP contribution in [0.4, 0.5) is 5.69 Å². The SMILES string of the molecule is CCC[C@](C)(O)C(=O)Nc1ccnc(C(=O)OC)c1. The summed E-state index contributed by atoms with van der Waals surface area (Å²) in [7, 11) is 1.25. The van der Waals surface area contributed by atoms with Gasteiger partial charge in [0.25, 0.3) is 5.91 Å². The minimum absolute atomic E-state index is 0.0930. The van der Waals surface area contributed by atoms with Gasteiger partial charge in [-0.1, -0.05) is 13.3 Å². The number of anilines is 1. The minimum atomic E-state index is -1.44. The number of nitrogens with zero attached hydrogens (tertiary/aromatic N) is 1. The number of nitrogens with one attached hydrogen (secondary N) is 1. The van der Waals surface area contributed by atoms with Crippen molar-refractivity contribution in [2.45, 2.75) is 32.3 Å². The summed E-state index contributed by atoms with van der Waals surface area (Å²) < 4.78 is 4.54. The summed E-state index contributed by atoms with van der Waals surface area (Å²) in [4.78, 5) is 27.0. The van der Waals surface area contributed by atoms with E-state index in [-0.39, 0.29) is 5.69 Å². The second-order valence-electron chi connectivity index (χ2n) is 4.40. The van der Waals surface area contributed by atoms with Crippen molar-refractivity contribution >= 4 is 17.6 Å². The first-order valence-corrected chi connectivity index (χ1v) is 5.99. The fraction of sp³-hybridized carbons (Fsp3) is 0.462. The molecule has 0 aliphatic rings. The quantitative estimate of drug-likeness (QED) is 0.785. The molecule has 6 heteroatoms. The lowest BCUT2D eigenvalue weighted by Gasteiger charge is -2.21. The van der Waals surface area contributed by atoms with E-state index in [0.29, 0.717) is 18.5 Å². The third kappa shape index (κ3) is 4.03. The Kier molecular flexibility index (Phi) is 5.00. The first kappa shape index (κ1) is 15.1. The van der Waals surface area contributed by atoms with Gasteiger partial charge in [-0.05, 0) is 25.5 Å². The van der Waals surface area contributed by atoms with Gasteiger partial charge in [0.05, 0.1) is 7.11 Å². The summed E-state index contributed by atoms with van der Waals surface area (Å²) in [6.07, 6.45) is 2.42. The zero-order valence-corrected chi connectivity index (χ0v) is 11.3. The number of carbonyl (C=O) groups excluding carboxylic acids is 2. The van der Waals surface area contributed by atoms with Gasteiger partial charge in [0.1, 0.15) is 11.3 Å². The van der Waals surface area contributed by atoms with E-state index < -0.39 is 17.5 Å². The third-order valence-electron chi connectivity index (χ3n) is 2.64. The number of hydrogen-bond acceptors (Lipinski definition) is 5. The number of esters is 1. The molecule has 1 aromatic heterocycles. The molecule has 0 spiro atoms. The van der Waals surface area contributed by atoms with Crippen LogP contribution >= 0.6 is 0 Å². The topological polar surface area (TPSA) is 88.5 Å². The van der Waals surface area contributed by atoms with Gasteiger partial charge >= 0.3 is 5.97 Å². The van der Waals surface area contributed by atoms with Crippen LogP contribution in [0.25, 0.3) is 0 Å². The van der Waals surface area contributed by atoms with Crippen LogP contribution in [-0.2, 0) is 9.53 Å². The van der Waals surface area contributed by atoms with Crippen LogP contribution in [0.5, 0.6) is 0 Å². The van der Waals surface area contributed by atoms with Crippen molar-refractivity contribution in [1.29, 1.82) is 0 Å². The second kappa shape index (κ2) is 6.29. The summed E-state index contributed by atoms with van der Waals surface area (Å²) in [5.41, 5.74) is -0.962. The largest absolute Gasteiger partial charge is 0.464 e. The average molecular weight is 266 g/mol. The van der Waals surface area contributed by atoms with Gasteiger partial charge in [-0.15, -0.1) is 0 Å². The molecule has 6 nitrogen and oxygen atoms in total. The standard InChI is InChI=1S/C13H18N2O4/c1-4-6-13(2,18)12(17)15-9-5-7-14-10(8-9)11(16)19-3/h5,7-8,18H,4,6H2,1-3H3,(H,14,15,17)/t13-/m0/s1. The van der Waals surface area contributed by atoms with Crippen LogP contribution in [0, 0.1) is 0 Å². The van der Waals surface area contributed by atoms with Crippen molar-refractivity contribution in [1.82, 2.24) is 4.98 Å². The maximum Gasteiger partial charge on any atom is 0.356 e. The molecule has 104 valence electrons. The Morgan fingerprint density at radius 3 is 2.79 bits per heavy atom. The molecule has 1 aromatic rings. The highest BCUT2D eigenvalue weighted by Crippen LogP contribution is 2.16. The van der Waals surface area contributed by atoms with Crippen molar-refractivity contribution in [3.05, 3.63) is 24.0 Å². The summed E-state index contributed by atoms with van der Waals surface area (Å²) >= 11 is 0. The fourth-order valence-corrected chi connectivity index (χ4v) is 1.59. The molecule has 0 aliphatic heterocycles. The van der Waals surface area contributed by atoms with Crippen LogP contribution < -0.4 is 5.32 Å². The van der Waals surface area contributed by atoms with Crippen LogP contribution in [-0.4, -0.2) is 34.7 Å². The predicted octanol–water partition coefficient (Wildman–Crippen LogP) is 1.36. The Labute approximate surface area is 111 Å². The number of carbonyl (C=O) groups is 2. The van der Waals surface area contributed by atoms with E-state index in [1.165, 1.54) is 32.4 Å². The number of pyridine rings is 1. The summed E-state index contributed by atoms with van der Waals surface area (Å²) in [6.45, 7) is 3.33. The van der Waals surface area contributed by atoms with Gasteiger partial charge in [0.2, 0.25) is 0 Å². The molecule has 1 rings (SSSR count). The Balaban J connectivity index is 2.83. The molecule has 0 saturated carbocycles. The van der Waals surface area contributed by atoms with Crippen LogP contribution in [0.1, 0.15) is 37.2 Å². The van der Waals surface area contributed by atoms with E-state index >= 15 is 0 Å². The number of rotatable bonds is 5. The average Bonchev–Trinajstić information content (AvgIpc) is 2.38. The van der Waals surface area contributed by atoms with E-state index in [4.69, 9.17) is 0 Å². The van der Waals surface area contributed by atoms with Crippen LogP contribution in [0.3, 0.4) is 0 Å². The fourth-order valence-electron chi connectivity index (χ4n) is 1.59. The lowest BCUT2D eigenvalue weighted by atomic mass is 10.00. The highest BCUT2D eigenvalue weighted by molar-refractivity contribution is 5.97. The number of ether oxygens (including phenoxy) is 1. The van der Waals surface area contributed by atoms with Gasteiger partial charge in [-0.3, -0.25) is 4.79 Å². The second-order valence-corrected chi connectivity index (χ2v) is 4.40. The van der Waals surface area contributed by atoms with E-state index in [2.05, 4.69) is 15.0 Å². The summed E-state index contributed by atoms with van der Waals surface area (Å²) in [6, 6.07) is 2.93. The summed E-state index contributed by atoms with van der Waals surface area (Å²) in [5.74, 6) is -1.10. The predicted molar refractivity (Wildman–Crippen MR) is 69.7 cm³/mol. The Hall–Kier alpha value is -1.95. The van der Waals surface area contributed by atoms with Gasteiger partial charge in [0, 0.05) is 11.9 Å². The number of aliphatic hydroxyl groups is 1. The minimum Gasteiger partial charge on any atom is -0.464 e. The molecule has 1 amide bonds.